The van der Waals surface area contributed by atoms with Gasteiger partial charge in [0.2, 0.25) is 0 Å². The van der Waals surface area contributed by atoms with E-state index < -0.39 is 5.97 Å². The molecular weight excluding hydrogens is 332 g/mol. The molecule has 1 aromatic carbocycles. The number of aromatic carboxylic acids is 1. The van der Waals surface area contributed by atoms with Gasteiger partial charge in [0.1, 0.15) is 11.4 Å². The molecule has 0 aliphatic carbocycles. The largest absolute Gasteiger partial charge is 0.478 e. The van der Waals surface area contributed by atoms with E-state index in [0.717, 1.165) is 5.56 Å². The summed E-state index contributed by atoms with van der Waals surface area (Å²) in [6.07, 6.45) is 1.53. The number of anilines is 2. The van der Waals surface area contributed by atoms with Gasteiger partial charge in [-0.1, -0.05) is 23.7 Å². The smallest absolute Gasteiger partial charge is 0.339 e. The fourth-order valence-corrected chi connectivity index (χ4v) is 2.21. The molecule has 0 unspecified atom stereocenters. The topological polar surface area (TPSA) is 62.2 Å². The van der Waals surface area contributed by atoms with E-state index in [1.54, 1.807) is 6.07 Å². The predicted molar refractivity (Wildman–Crippen MR) is 78.4 cm³/mol. The summed E-state index contributed by atoms with van der Waals surface area (Å²) in [5, 5.41) is 12.7. The third kappa shape index (κ3) is 3.05. The third-order valence-corrected chi connectivity index (χ3v) is 3.30. The number of aromatic nitrogens is 1. The van der Waals surface area contributed by atoms with Gasteiger partial charge in [-0.25, -0.2) is 9.78 Å². The van der Waals surface area contributed by atoms with Crippen molar-refractivity contribution < 1.29 is 9.90 Å². The molecule has 1 aromatic heterocycles. The maximum absolute atomic E-state index is 11.2. The molecule has 0 amide bonds. The lowest BCUT2D eigenvalue weighted by atomic mass is 10.2. The van der Waals surface area contributed by atoms with Crippen LogP contribution >= 0.6 is 27.5 Å². The van der Waals surface area contributed by atoms with Gasteiger partial charge in [-0.3, -0.25) is 0 Å². The zero-order valence-electron chi connectivity index (χ0n) is 9.95. The van der Waals surface area contributed by atoms with E-state index in [4.69, 9.17) is 11.6 Å². The van der Waals surface area contributed by atoms with Gasteiger partial charge in [-0.05, 0) is 40.5 Å². The molecule has 2 N–H and O–H groups in total. The number of nitrogens with zero attached hydrogens (tertiary/aromatic N) is 1. The number of carboxylic acid groups (broad SMARTS) is 1. The monoisotopic (exact) mass is 340 g/mol. The zero-order valence-corrected chi connectivity index (χ0v) is 12.3. The van der Waals surface area contributed by atoms with Crippen molar-refractivity contribution in [3.63, 3.8) is 0 Å². The van der Waals surface area contributed by atoms with E-state index in [0.29, 0.717) is 15.2 Å². The number of carbonyl (C=O) groups is 1. The van der Waals surface area contributed by atoms with Crippen LogP contribution in [0.25, 0.3) is 0 Å². The van der Waals surface area contributed by atoms with E-state index in [9.17, 15) is 9.90 Å². The third-order valence-electron chi connectivity index (χ3n) is 2.55. The Morgan fingerprint density at radius 2 is 2.21 bits per heavy atom. The van der Waals surface area contributed by atoms with Gasteiger partial charge in [0.25, 0.3) is 0 Å². The second kappa shape index (κ2) is 5.59. The van der Waals surface area contributed by atoms with Gasteiger partial charge in [0, 0.05) is 10.7 Å². The zero-order chi connectivity index (χ0) is 14.0. The number of benzene rings is 1. The molecule has 1 heterocycles. The molecule has 2 aromatic rings. The maximum atomic E-state index is 11.2. The molecule has 2 rings (SSSR count). The van der Waals surface area contributed by atoms with Gasteiger partial charge in [-0.15, -0.1) is 0 Å². The van der Waals surface area contributed by atoms with Crippen LogP contribution in [0, 0.1) is 6.92 Å². The van der Waals surface area contributed by atoms with Crippen molar-refractivity contribution in [2.45, 2.75) is 6.92 Å². The van der Waals surface area contributed by atoms with Gasteiger partial charge >= 0.3 is 5.97 Å². The molecule has 0 bridgehead atoms. The van der Waals surface area contributed by atoms with Crippen LogP contribution in [0.3, 0.4) is 0 Å². The van der Waals surface area contributed by atoms with Gasteiger partial charge < -0.3 is 10.4 Å². The molecule has 0 aliphatic rings. The molecule has 0 atom stereocenters. The Balaban J connectivity index is 2.47. The Hall–Kier alpha value is -1.59. The van der Waals surface area contributed by atoms with Crippen molar-refractivity contribution in [1.82, 2.24) is 4.98 Å². The Morgan fingerprint density at radius 3 is 2.84 bits per heavy atom. The van der Waals surface area contributed by atoms with Crippen molar-refractivity contribution >= 4 is 45.0 Å². The SMILES string of the molecule is Cc1cccc(Cl)c1Nc1ncc(Br)cc1C(=O)O. The minimum absolute atomic E-state index is 0.0775. The molecule has 0 saturated heterocycles. The molecule has 6 heteroatoms. The van der Waals surface area contributed by atoms with Gasteiger partial charge in [0.05, 0.1) is 10.7 Å². The predicted octanol–water partition coefficient (Wildman–Crippen LogP) is 4.25. The minimum atomic E-state index is -1.05. The molecule has 0 saturated carbocycles. The molecule has 0 fully saturated rings. The summed E-state index contributed by atoms with van der Waals surface area (Å²) in [4.78, 5) is 15.3. The molecule has 0 aliphatic heterocycles. The van der Waals surface area contributed by atoms with Crippen LogP contribution in [0.1, 0.15) is 15.9 Å². The second-order valence-electron chi connectivity index (χ2n) is 3.91. The molecule has 19 heavy (non-hydrogen) atoms. The number of carboxylic acids is 1. The molecule has 98 valence electrons. The highest BCUT2D eigenvalue weighted by Crippen LogP contribution is 2.29. The maximum Gasteiger partial charge on any atom is 0.339 e. The Bertz CT molecular complexity index is 626. The first-order valence-corrected chi connectivity index (χ1v) is 6.57. The lowest BCUT2D eigenvalue weighted by Crippen LogP contribution is -2.06. The van der Waals surface area contributed by atoms with E-state index in [-0.39, 0.29) is 11.4 Å². The summed E-state index contributed by atoms with van der Waals surface area (Å²) in [7, 11) is 0. The van der Waals surface area contributed by atoms with Crippen molar-refractivity contribution in [3.05, 3.63) is 51.1 Å². The number of hydrogen-bond acceptors (Lipinski definition) is 3. The van der Waals surface area contributed by atoms with Crippen LogP contribution in [-0.2, 0) is 0 Å². The lowest BCUT2D eigenvalue weighted by Gasteiger charge is -2.12. The Kier molecular flexibility index (Phi) is 4.07. The van der Waals surface area contributed by atoms with E-state index in [1.807, 2.05) is 19.1 Å². The highest BCUT2D eigenvalue weighted by atomic mass is 79.9. The summed E-state index contributed by atoms with van der Waals surface area (Å²) in [5.74, 6) is -0.798. The lowest BCUT2D eigenvalue weighted by molar-refractivity contribution is 0.0697. The van der Waals surface area contributed by atoms with E-state index >= 15 is 0 Å². The quantitative estimate of drug-likeness (QED) is 0.876. The second-order valence-corrected chi connectivity index (χ2v) is 5.23. The first kappa shape index (κ1) is 13.8. The average molecular weight is 342 g/mol. The minimum Gasteiger partial charge on any atom is -0.478 e. The first-order valence-electron chi connectivity index (χ1n) is 5.40. The molecular formula is C13H10BrClN2O2. The number of rotatable bonds is 3. The standard InChI is InChI=1S/C13H10BrClN2O2/c1-7-3-2-4-10(15)11(7)17-12-9(13(18)19)5-8(14)6-16-12/h2-6H,1H3,(H,16,17)(H,18,19). The van der Waals surface area contributed by atoms with Gasteiger partial charge in [-0.2, -0.15) is 0 Å². The van der Waals surface area contributed by atoms with Crippen LogP contribution < -0.4 is 5.32 Å². The fourth-order valence-electron chi connectivity index (χ4n) is 1.61. The summed E-state index contributed by atoms with van der Waals surface area (Å²) >= 11 is 9.29. The number of pyridine rings is 1. The fraction of sp³-hybridized carbons (Fsp3) is 0.0769. The van der Waals surface area contributed by atoms with Crippen molar-refractivity contribution in [3.8, 4) is 0 Å². The summed E-state index contributed by atoms with van der Waals surface area (Å²) in [5.41, 5.74) is 1.64. The van der Waals surface area contributed by atoms with Crippen LogP contribution in [0.4, 0.5) is 11.5 Å². The summed E-state index contributed by atoms with van der Waals surface area (Å²) in [6, 6.07) is 6.93. The van der Waals surface area contributed by atoms with Gasteiger partial charge in [0.15, 0.2) is 0 Å². The Morgan fingerprint density at radius 1 is 1.47 bits per heavy atom. The summed E-state index contributed by atoms with van der Waals surface area (Å²) in [6.45, 7) is 1.88. The van der Waals surface area contributed by atoms with Crippen LogP contribution in [0.2, 0.25) is 5.02 Å². The van der Waals surface area contributed by atoms with Crippen molar-refractivity contribution in [2.24, 2.45) is 0 Å². The summed E-state index contributed by atoms with van der Waals surface area (Å²) < 4.78 is 0.603. The number of halogens is 2. The highest BCUT2D eigenvalue weighted by Gasteiger charge is 2.14. The normalized spacial score (nSPS) is 10.3. The Labute approximate surface area is 123 Å². The average Bonchev–Trinajstić information content (AvgIpc) is 2.35. The van der Waals surface area contributed by atoms with Crippen LogP contribution in [0.15, 0.2) is 34.9 Å². The number of aryl methyl sites for hydroxylation is 1. The molecule has 4 nitrogen and oxygen atoms in total. The number of para-hydroxylation sites is 1. The number of hydrogen-bond donors (Lipinski definition) is 2. The van der Waals surface area contributed by atoms with E-state index in [1.165, 1.54) is 12.3 Å². The van der Waals surface area contributed by atoms with Crippen LogP contribution in [-0.4, -0.2) is 16.1 Å². The highest BCUT2D eigenvalue weighted by molar-refractivity contribution is 9.10. The van der Waals surface area contributed by atoms with Crippen LogP contribution in [0.5, 0.6) is 0 Å². The molecule has 0 radical (unpaired) electrons. The number of nitrogens with one attached hydrogen (secondary N) is 1. The molecule has 0 spiro atoms. The first-order chi connectivity index (χ1) is 8.99. The van der Waals surface area contributed by atoms with E-state index in [2.05, 4.69) is 26.2 Å². The van der Waals surface area contributed by atoms with Crippen molar-refractivity contribution in [2.75, 3.05) is 5.32 Å². The van der Waals surface area contributed by atoms with Crippen molar-refractivity contribution in [1.29, 1.82) is 0 Å².